The third-order valence-corrected chi connectivity index (χ3v) is 5.56. The maximum absolute atomic E-state index is 12.6. The van der Waals surface area contributed by atoms with Crippen LogP contribution < -0.4 is 5.32 Å². The molecule has 0 aliphatic carbocycles. The number of anilines is 1. The van der Waals surface area contributed by atoms with Crippen molar-refractivity contribution in [3.05, 3.63) is 59.7 Å². The Bertz CT molecular complexity index is 969. The number of rotatable bonds is 8. The Morgan fingerprint density at radius 1 is 1.14 bits per heavy atom. The van der Waals surface area contributed by atoms with Gasteiger partial charge in [-0.2, -0.15) is 0 Å². The minimum atomic E-state index is -0.327. The van der Waals surface area contributed by atoms with Gasteiger partial charge in [0.2, 0.25) is 5.91 Å². The van der Waals surface area contributed by atoms with E-state index in [2.05, 4.69) is 21.6 Å². The molecule has 1 N–H and O–H groups in total. The van der Waals surface area contributed by atoms with Crippen LogP contribution in [0.25, 0.3) is 11.4 Å². The zero-order chi connectivity index (χ0) is 20.8. The molecule has 1 amide bonds. The second-order valence-corrected chi connectivity index (χ2v) is 8.24. The molecule has 2 aromatic carbocycles. The first kappa shape index (κ1) is 21.1. The number of aryl methyl sites for hydroxylation is 2. The lowest BCUT2D eigenvalue weighted by atomic mass is 10.1. The van der Waals surface area contributed by atoms with Gasteiger partial charge in [-0.05, 0) is 39.0 Å². The lowest BCUT2D eigenvalue weighted by Crippen LogP contribution is -2.23. The quantitative estimate of drug-likeness (QED) is 0.560. The molecular weight excluding hydrogens is 384 g/mol. The van der Waals surface area contributed by atoms with Crippen molar-refractivity contribution in [1.82, 2.24) is 14.8 Å². The van der Waals surface area contributed by atoms with Gasteiger partial charge in [-0.25, -0.2) is 0 Å². The molecule has 29 heavy (non-hydrogen) atoms. The standard InChI is InChI=1S/C22H26N4O2S/c1-15-8-10-19(11-9-15)23-21(27)17(3)29-22-25-24-20(26(22)12-13-28-4)18-7-5-6-16(2)14-18/h5-11,14,17H,12-13H2,1-4H3,(H,23,27). The fraction of sp³-hybridized carbons (Fsp3) is 0.318. The zero-order valence-electron chi connectivity index (χ0n) is 17.2. The molecule has 152 valence electrons. The molecule has 3 aromatic rings. The van der Waals surface area contributed by atoms with Gasteiger partial charge in [0.05, 0.1) is 18.4 Å². The molecule has 6 nitrogen and oxygen atoms in total. The van der Waals surface area contributed by atoms with Gasteiger partial charge in [0.15, 0.2) is 11.0 Å². The van der Waals surface area contributed by atoms with Crippen molar-refractivity contribution in [3.8, 4) is 11.4 Å². The zero-order valence-corrected chi connectivity index (χ0v) is 18.0. The van der Waals surface area contributed by atoms with Gasteiger partial charge in [0, 0.05) is 18.4 Å². The third kappa shape index (κ3) is 5.46. The number of nitrogens with one attached hydrogen (secondary N) is 1. The predicted octanol–water partition coefficient (Wildman–Crippen LogP) is 4.33. The number of hydrogen-bond acceptors (Lipinski definition) is 5. The van der Waals surface area contributed by atoms with Gasteiger partial charge in [0.25, 0.3) is 0 Å². The number of benzene rings is 2. The van der Waals surface area contributed by atoms with E-state index in [1.807, 2.05) is 67.8 Å². The van der Waals surface area contributed by atoms with Crippen molar-refractivity contribution in [2.75, 3.05) is 19.0 Å². The summed E-state index contributed by atoms with van der Waals surface area (Å²) in [7, 11) is 1.67. The molecule has 7 heteroatoms. The molecule has 0 spiro atoms. The van der Waals surface area contributed by atoms with Gasteiger partial charge in [-0.3, -0.25) is 9.36 Å². The van der Waals surface area contributed by atoms with Crippen LogP contribution in [0, 0.1) is 13.8 Å². The summed E-state index contributed by atoms with van der Waals surface area (Å²) in [4.78, 5) is 12.6. The topological polar surface area (TPSA) is 69.0 Å². The molecule has 1 aromatic heterocycles. The van der Waals surface area contributed by atoms with Crippen molar-refractivity contribution in [3.63, 3.8) is 0 Å². The van der Waals surface area contributed by atoms with E-state index in [1.54, 1.807) is 7.11 Å². The summed E-state index contributed by atoms with van der Waals surface area (Å²) < 4.78 is 7.27. The maximum atomic E-state index is 12.6. The van der Waals surface area contributed by atoms with Gasteiger partial charge in [-0.15, -0.1) is 10.2 Å². The number of thioether (sulfide) groups is 1. The minimum Gasteiger partial charge on any atom is -0.383 e. The molecule has 0 radical (unpaired) electrons. The Balaban J connectivity index is 1.78. The molecule has 0 aliphatic rings. The third-order valence-electron chi connectivity index (χ3n) is 4.48. The summed E-state index contributed by atoms with van der Waals surface area (Å²) in [6.07, 6.45) is 0. The Hall–Kier alpha value is -2.64. The van der Waals surface area contributed by atoms with E-state index in [1.165, 1.54) is 11.8 Å². The molecule has 1 unspecified atom stereocenters. The van der Waals surface area contributed by atoms with Crippen molar-refractivity contribution in [2.24, 2.45) is 0 Å². The minimum absolute atomic E-state index is 0.0720. The van der Waals surface area contributed by atoms with Gasteiger partial charge in [0.1, 0.15) is 0 Å². The number of hydrogen-bond donors (Lipinski definition) is 1. The van der Waals surface area contributed by atoms with E-state index in [4.69, 9.17) is 4.74 Å². The van der Waals surface area contributed by atoms with E-state index in [0.717, 1.165) is 28.2 Å². The first-order valence-electron chi connectivity index (χ1n) is 9.51. The predicted molar refractivity (Wildman–Crippen MR) is 117 cm³/mol. The summed E-state index contributed by atoms with van der Waals surface area (Å²) in [5.41, 5.74) is 4.09. The van der Waals surface area contributed by atoms with Crippen molar-refractivity contribution < 1.29 is 9.53 Å². The number of ether oxygens (including phenoxy) is 1. The van der Waals surface area contributed by atoms with Crippen molar-refractivity contribution >= 4 is 23.4 Å². The highest BCUT2D eigenvalue weighted by atomic mass is 32.2. The number of aromatic nitrogens is 3. The van der Waals surface area contributed by atoms with Crippen LogP contribution in [-0.4, -0.2) is 39.6 Å². The summed E-state index contributed by atoms with van der Waals surface area (Å²) in [6, 6.07) is 15.9. The van der Waals surface area contributed by atoms with Crippen LogP contribution in [0.5, 0.6) is 0 Å². The van der Waals surface area contributed by atoms with Crippen molar-refractivity contribution in [1.29, 1.82) is 0 Å². The molecule has 0 bridgehead atoms. The molecule has 1 atom stereocenters. The van der Waals surface area contributed by atoms with Gasteiger partial charge in [-0.1, -0.05) is 53.2 Å². The largest absolute Gasteiger partial charge is 0.383 e. The van der Waals surface area contributed by atoms with Crippen LogP contribution in [0.15, 0.2) is 53.7 Å². The summed E-state index contributed by atoms with van der Waals surface area (Å²) in [5.74, 6) is 0.705. The van der Waals surface area contributed by atoms with Crippen LogP contribution in [0.3, 0.4) is 0 Å². The Morgan fingerprint density at radius 2 is 1.90 bits per heavy atom. The number of carbonyl (C=O) groups is 1. The highest BCUT2D eigenvalue weighted by Gasteiger charge is 2.21. The van der Waals surface area contributed by atoms with E-state index >= 15 is 0 Å². The second kappa shape index (κ2) is 9.71. The molecule has 0 aliphatic heterocycles. The summed E-state index contributed by atoms with van der Waals surface area (Å²) >= 11 is 1.39. The average molecular weight is 411 g/mol. The van der Waals surface area contributed by atoms with Gasteiger partial charge >= 0.3 is 0 Å². The summed E-state index contributed by atoms with van der Waals surface area (Å²) in [5, 5.41) is 12.1. The fourth-order valence-electron chi connectivity index (χ4n) is 2.85. The molecular formula is C22H26N4O2S. The van der Waals surface area contributed by atoms with E-state index < -0.39 is 0 Å². The van der Waals surface area contributed by atoms with Crippen LogP contribution in [0.4, 0.5) is 5.69 Å². The lowest BCUT2D eigenvalue weighted by molar-refractivity contribution is -0.115. The molecule has 0 saturated carbocycles. The number of carbonyl (C=O) groups excluding carboxylic acids is 1. The Morgan fingerprint density at radius 3 is 2.59 bits per heavy atom. The van der Waals surface area contributed by atoms with E-state index in [9.17, 15) is 4.79 Å². The number of amides is 1. The first-order chi connectivity index (χ1) is 14.0. The Kier molecular flexibility index (Phi) is 7.06. The molecule has 0 fully saturated rings. The first-order valence-corrected chi connectivity index (χ1v) is 10.4. The average Bonchev–Trinajstić information content (AvgIpc) is 3.10. The van der Waals surface area contributed by atoms with Crippen LogP contribution in [-0.2, 0) is 16.1 Å². The van der Waals surface area contributed by atoms with Crippen LogP contribution in [0.2, 0.25) is 0 Å². The van der Waals surface area contributed by atoms with Gasteiger partial charge < -0.3 is 10.1 Å². The van der Waals surface area contributed by atoms with Crippen molar-refractivity contribution in [2.45, 2.75) is 37.7 Å². The fourth-order valence-corrected chi connectivity index (χ4v) is 3.73. The SMILES string of the molecule is COCCn1c(SC(C)C(=O)Nc2ccc(C)cc2)nnc1-c1cccc(C)c1. The normalized spacial score (nSPS) is 12.0. The summed E-state index contributed by atoms with van der Waals surface area (Å²) in [6.45, 7) is 7.08. The molecule has 1 heterocycles. The number of methoxy groups -OCH3 is 1. The van der Waals surface area contributed by atoms with E-state index in [0.29, 0.717) is 18.3 Å². The molecule has 3 rings (SSSR count). The maximum Gasteiger partial charge on any atom is 0.237 e. The van der Waals surface area contributed by atoms with Crippen LogP contribution >= 0.6 is 11.8 Å². The molecule has 0 saturated heterocycles. The second-order valence-electron chi connectivity index (χ2n) is 6.94. The highest BCUT2D eigenvalue weighted by molar-refractivity contribution is 8.00. The Labute approximate surface area is 175 Å². The number of nitrogens with zero attached hydrogens (tertiary/aromatic N) is 3. The highest BCUT2D eigenvalue weighted by Crippen LogP contribution is 2.28. The smallest absolute Gasteiger partial charge is 0.237 e. The van der Waals surface area contributed by atoms with E-state index in [-0.39, 0.29) is 11.2 Å². The lowest BCUT2D eigenvalue weighted by Gasteiger charge is -2.14. The van der Waals surface area contributed by atoms with Crippen LogP contribution in [0.1, 0.15) is 18.1 Å². The monoisotopic (exact) mass is 410 g/mol.